The third kappa shape index (κ3) is 3.51. The van der Waals surface area contributed by atoms with Crippen LogP contribution in [0.1, 0.15) is 41.6 Å². The largest absolute Gasteiger partial charge is 0.381 e. The van der Waals surface area contributed by atoms with Gasteiger partial charge in [-0.15, -0.1) is 0 Å². The van der Waals surface area contributed by atoms with E-state index < -0.39 is 0 Å². The molecule has 2 aromatic carbocycles. The minimum Gasteiger partial charge on any atom is -0.381 e. The number of fused-ring (bicyclic) bond motifs is 3. The molecule has 0 radical (unpaired) electrons. The van der Waals surface area contributed by atoms with Crippen molar-refractivity contribution in [2.75, 3.05) is 13.2 Å². The van der Waals surface area contributed by atoms with Gasteiger partial charge in [0.25, 0.3) is 0 Å². The summed E-state index contributed by atoms with van der Waals surface area (Å²) in [4.78, 5) is 9.90. The van der Waals surface area contributed by atoms with Crippen LogP contribution in [0.15, 0.2) is 59.3 Å². The summed E-state index contributed by atoms with van der Waals surface area (Å²) in [6.07, 6.45) is 3.92. The Bertz CT molecular complexity index is 1430. The predicted octanol–water partition coefficient (Wildman–Crippen LogP) is 5.80. The number of aryl methyl sites for hydroxylation is 2. The topological polar surface area (TPSA) is 66.0 Å². The van der Waals surface area contributed by atoms with E-state index in [1.807, 2.05) is 20.0 Å². The predicted molar refractivity (Wildman–Crippen MR) is 128 cm³/mol. The molecule has 33 heavy (non-hydrogen) atoms. The van der Waals surface area contributed by atoms with Crippen LogP contribution in [0.4, 0.5) is 0 Å². The number of ether oxygens (including phenoxy) is 1. The van der Waals surface area contributed by atoms with E-state index >= 15 is 0 Å². The maximum atomic E-state index is 5.63. The zero-order valence-corrected chi connectivity index (χ0v) is 18.9. The van der Waals surface area contributed by atoms with E-state index in [0.717, 1.165) is 82.9 Å². The molecule has 4 heterocycles. The van der Waals surface area contributed by atoms with E-state index in [9.17, 15) is 0 Å². The fourth-order valence-electron chi connectivity index (χ4n) is 5.08. The Morgan fingerprint density at radius 1 is 1.00 bits per heavy atom. The number of hydrogen-bond acceptors (Lipinski definition) is 5. The first-order chi connectivity index (χ1) is 16.2. The van der Waals surface area contributed by atoms with Crippen molar-refractivity contribution >= 4 is 21.9 Å². The van der Waals surface area contributed by atoms with Crippen LogP contribution in [-0.4, -0.2) is 32.9 Å². The molecule has 3 aromatic heterocycles. The summed E-state index contributed by atoms with van der Waals surface area (Å²) >= 11 is 0. The quantitative estimate of drug-likeness (QED) is 0.355. The first-order valence-corrected chi connectivity index (χ1v) is 11.5. The molecule has 1 aliphatic rings. The molecule has 0 spiro atoms. The molecule has 6 heteroatoms. The van der Waals surface area contributed by atoms with Crippen molar-refractivity contribution in [3.05, 3.63) is 77.6 Å². The van der Waals surface area contributed by atoms with Gasteiger partial charge in [-0.2, -0.15) is 0 Å². The fourth-order valence-corrected chi connectivity index (χ4v) is 5.08. The number of aromatic nitrogens is 4. The number of benzene rings is 2. The first-order valence-electron chi connectivity index (χ1n) is 11.5. The molecule has 1 saturated heterocycles. The zero-order chi connectivity index (χ0) is 22.4. The van der Waals surface area contributed by atoms with E-state index in [-0.39, 0.29) is 0 Å². The summed E-state index contributed by atoms with van der Waals surface area (Å²) < 4.78 is 13.4. The summed E-state index contributed by atoms with van der Waals surface area (Å²) in [5.74, 6) is 2.36. The maximum Gasteiger partial charge on any atom is 0.141 e. The van der Waals surface area contributed by atoms with Gasteiger partial charge in [-0.25, -0.2) is 4.98 Å². The van der Waals surface area contributed by atoms with Gasteiger partial charge in [-0.3, -0.25) is 4.98 Å². The Morgan fingerprint density at radius 2 is 1.82 bits per heavy atom. The van der Waals surface area contributed by atoms with Crippen LogP contribution in [0, 0.1) is 13.8 Å². The van der Waals surface area contributed by atoms with Crippen LogP contribution in [0.5, 0.6) is 0 Å². The first kappa shape index (κ1) is 20.1. The minimum absolute atomic E-state index is 0.395. The van der Waals surface area contributed by atoms with Crippen LogP contribution in [0.2, 0.25) is 0 Å². The van der Waals surface area contributed by atoms with E-state index in [1.165, 1.54) is 5.56 Å². The van der Waals surface area contributed by atoms with Gasteiger partial charge in [0.15, 0.2) is 0 Å². The third-order valence-corrected chi connectivity index (χ3v) is 6.69. The van der Waals surface area contributed by atoms with Gasteiger partial charge in [0, 0.05) is 36.6 Å². The molecule has 0 amide bonds. The highest BCUT2D eigenvalue weighted by Crippen LogP contribution is 2.35. The number of nitrogens with zero attached hydrogens (tertiary/aromatic N) is 4. The molecule has 0 saturated carbocycles. The highest BCUT2D eigenvalue weighted by atomic mass is 16.5. The Kier molecular flexibility index (Phi) is 4.95. The van der Waals surface area contributed by atoms with Crippen molar-refractivity contribution in [3.8, 4) is 11.1 Å². The number of hydrogen-bond donors (Lipinski definition) is 0. The molecular formula is C27H26N4O2. The normalized spacial score (nSPS) is 15.0. The van der Waals surface area contributed by atoms with Crippen LogP contribution < -0.4 is 0 Å². The molecule has 166 valence electrons. The monoisotopic (exact) mass is 438 g/mol. The van der Waals surface area contributed by atoms with Gasteiger partial charge in [0.05, 0.1) is 22.9 Å². The second-order valence-electron chi connectivity index (χ2n) is 8.85. The highest BCUT2D eigenvalue weighted by Gasteiger charge is 2.24. The van der Waals surface area contributed by atoms with Crippen molar-refractivity contribution in [2.24, 2.45) is 0 Å². The molecule has 6 nitrogen and oxygen atoms in total. The lowest BCUT2D eigenvalue weighted by atomic mass is 9.99. The van der Waals surface area contributed by atoms with Crippen molar-refractivity contribution in [2.45, 2.75) is 39.2 Å². The summed E-state index contributed by atoms with van der Waals surface area (Å²) in [6, 6.07) is 17.1. The summed E-state index contributed by atoms with van der Waals surface area (Å²) in [5, 5.41) is 5.23. The van der Waals surface area contributed by atoms with Crippen LogP contribution in [-0.2, 0) is 11.3 Å². The number of rotatable bonds is 4. The zero-order valence-electron chi connectivity index (χ0n) is 18.9. The van der Waals surface area contributed by atoms with Gasteiger partial charge in [-0.05, 0) is 43.9 Å². The molecule has 0 N–H and O–H groups in total. The fraction of sp³-hybridized carbons (Fsp3) is 0.296. The molecule has 1 aliphatic heterocycles. The Labute approximate surface area is 192 Å². The van der Waals surface area contributed by atoms with Crippen LogP contribution in [0.3, 0.4) is 0 Å². The average molecular weight is 439 g/mol. The van der Waals surface area contributed by atoms with E-state index in [2.05, 4.69) is 58.3 Å². The standard InChI is InChI=1S/C27H26N4O2/c1-17-25(18(2)33-30-17)21-8-9-22-23(14-21)28-15-24-26(22)31(16-19-6-4-3-5-7-19)27(29-24)20-10-12-32-13-11-20/h3-9,14-15,20H,10-13,16H2,1-2H3. The van der Waals surface area contributed by atoms with Gasteiger partial charge in [0.2, 0.25) is 0 Å². The van der Waals surface area contributed by atoms with Crippen LogP contribution >= 0.6 is 0 Å². The highest BCUT2D eigenvalue weighted by molar-refractivity contribution is 6.03. The van der Waals surface area contributed by atoms with Crippen LogP contribution in [0.25, 0.3) is 33.1 Å². The molecule has 5 aromatic rings. The summed E-state index contributed by atoms with van der Waals surface area (Å²) in [5.41, 5.74) is 7.32. The van der Waals surface area contributed by atoms with Crippen molar-refractivity contribution in [1.82, 2.24) is 19.7 Å². The third-order valence-electron chi connectivity index (χ3n) is 6.69. The second-order valence-corrected chi connectivity index (χ2v) is 8.85. The van der Waals surface area contributed by atoms with Crippen molar-refractivity contribution < 1.29 is 9.26 Å². The lowest BCUT2D eigenvalue weighted by Crippen LogP contribution is -2.18. The van der Waals surface area contributed by atoms with E-state index in [4.69, 9.17) is 19.2 Å². The lowest BCUT2D eigenvalue weighted by Gasteiger charge is -2.23. The molecular weight excluding hydrogens is 412 g/mol. The molecule has 0 aliphatic carbocycles. The number of pyridine rings is 1. The van der Waals surface area contributed by atoms with Gasteiger partial charge >= 0.3 is 0 Å². The molecule has 1 fully saturated rings. The summed E-state index contributed by atoms with van der Waals surface area (Å²) in [7, 11) is 0. The van der Waals surface area contributed by atoms with E-state index in [1.54, 1.807) is 0 Å². The average Bonchev–Trinajstić information content (AvgIpc) is 3.39. The molecule has 0 bridgehead atoms. The van der Waals surface area contributed by atoms with Gasteiger partial charge < -0.3 is 13.8 Å². The van der Waals surface area contributed by atoms with Crippen molar-refractivity contribution in [1.29, 1.82) is 0 Å². The molecule has 0 atom stereocenters. The maximum absolute atomic E-state index is 5.63. The van der Waals surface area contributed by atoms with Gasteiger partial charge in [0.1, 0.15) is 17.1 Å². The lowest BCUT2D eigenvalue weighted by molar-refractivity contribution is 0.0830. The molecule has 0 unspecified atom stereocenters. The Balaban J connectivity index is 1.55. The SMILES string of the molecule is Cc1noc(C)c1-c1ccc2c(c1)ncc1nc(C3CCOCC3)n(Cc3ccccc3)c12. The second kappa shape index (κ2) is 8.12. The summed E-state index contributed by atoms with van der Waals surface area (Å²) in [6.45, 7) is 6.29. The Morgan fingerprint density at radius 3 is 2.58 bits per heavy atom. The Hall–Kier alpha value is -3.51. The van der Waals surface area contributed by atoms with Crippen molar-refractivity contribution in [3.63, 3.8) is 0 Å². The molecule has 6 rings (SSSR count). The van der Waals surface area contributed by atoms with E-state index in [0.29, 0.717) is 5.92 Å². The number of imidazole rings is 1. The smallest absolute Gasteiger partial charge is 0.141 e. The van der Waals surface area contributed by atoms with Gasteiger partial charge in [-0.1, -0.05) is 47.6 Å². The minimum atomic E-state index is 0.395.